The van der Waals surface area contributed by atoms with Crippen molar-refractivity contribution in [1.29, 1.82) is 0 Å². The summed E-state index contributed by atoms with van der Waals surface area (Å²) in [5.74, 6) is 0.549. The molecule has 2 aliphatic rings. The molecular formula is C34H67N3O10. The van der Waals surface area contributed by atoms with Crippen molar-refractivity contribution in [3.05, 3.63) is 0 Å². The smallest absolute Gasteiger partial charge is 0.117 e. The number of nitrogens with zero attached hydrogens (tertiary/aromatic N) is 2. The Morgan fingerprint density at radius 1 is 0.511 bits per heavy atom. The summed E-state index contributed by atoms with van der Waals surface area (Å²) in [6.07, 6.45) is 9.88. The number of hydrogen-bond donors (Lipinski definition) is 1. The van der Waals surface area contributed by atoms with Crippen LogP contribution in [0, 0.1) is 5.92 Å². The first-order valence-corrected chi connectivity index (χ1v) is 18.2. The molecule has 0 aromatic heterocycles. The molecule has 0 amide bonds. The van der Waals surface area contributed by atoms with Crippen LogP contribution in [0.25, 0.3) is 0 Å². The van der Waals surface area contributed by atoms with Gasteiger partial charge in [-0.2, -0.15) is 0 Å². The fourth-order valence-corrected chi connectivity index (χ4v) is 5.16. The maximum absolute atomic E-state index is 5.63. The average Bonchev–Trinajstić information content (AvgIpc) is 3.11. The van der Waals surface area contributed by atoms with Gasteiger partial charge in [0.2, 0.25) is 0 Å². The van der Waals surface area contributed by atoms with Crippen molar-refractivity contribution in [2.45, 2.75) is 57.9 Å². The van der Waals surface area contributed by atoms with E-state index in [2.05, 4.69) is 22.3 Å². The minimum Gasteiger partial charge on any atom is -0.396 e. The van der Waals surface area contributed by atoms with E-state index in [1.165, 1.54) is 38.8 Å². The molecule has 0 saturated carbocycles. The van der Waals surface area contributed by atoms with E-state index in [4.69, 9.17) is 47.5 Å². The van der Waals surface area contributed by atoms with Crippen LogP contribution in [0.2, 0.25) is 0 Å². The lowest BCUT2D eigenvalue weighted by molar-refractivity contribution is -0.0250. The van der Waals surface area contributed by atoms with Crippen LogP contribution in [-0.2, 0) is 47.5 Å². The number of unbranched alkanes of at least 4 members (excludes halogenated alkanes) is 1. The molecule has 0 aromatic carbocycles. The monoisotopic (exact) mass is 677 g/mol. The molecule has 47 heavy (non-hydrogen) atoms. The molecule has 0 bridgehead atoms. The second-order valence-electron chi connectivity index (χ2n) is 11.7. The molecule has 0 aromatic rings. The van der Waals surface area contributed by atoms with Crippen molar-refractivity contribution < 1.29 is 47.5 Å². The van der Waals surface area contributed by atoms with E-state index in [9.17, 15) is 0 Å². The number of hydrogen-bond acceptors (Lipinski definition) is 13. The highest BCUT2D eigenvalue weighted by atomic mass is 16.6. The topological polar surface area (TPSA) is 120 Å². The summed E-state index contributed by atoms with van der Waals surface area (Å²) < 4.78 is 49.4. The third-order valence-electron chi connectivity index (χ3n) is 7.84. The minimum atomic E-state index is 0.529. The first-order chi connectivity index (χ1) is 23.4. The van der Waals surface area contributed by atoms with Gasteiger partial charge in [-0.15, -0.1) is 0 Å². The van der Waals surface area contributed by atoms with Gasteiger partial charge in [0.15, 0.2) is 0 Å². The highest BCUT2D eigenvalue weighted by molar-refractivity contribution is 5.60. The van der Waals surface area contributed by atoms with Crippen molar-refractivity contribution in [2.75, 3.05) is 152 Å². The molecule has 2 rings (SSSR count). The second kappa shape index (κ2) is 33.5. The first kappa shape index (κ1) is 42.2. The van der Waals surface area contributed by atoms with Crippen LogP contribution in [0.15, 0.2) is 5.16 Å². The zero-order valence-corrected chi connectivity index (χ0v) is 29.4. The molecule has 0 atom stereocenters. The van der Waals surface area contributed by atoms with E-state index in [1.54, 1.807) is 0 Å². The number of rotatable bonds is 34. The molecule has 0 unspecified atom stereocenters. The standard InChI is InChI=1S/C34H67N3O10/c1-2-13-38-16-18-40-20-22-42-24-26-44-28-30-46-31-29-45-27-25-43-23-21-41-19-17-39-14-3-4-15-47-36-32-33-7-11-37(12-8-33)34-5-9-35-10-6-34/h32-35H,2-31H2,1H3/b36-32+. The summed E-state index contributed by atoms with van der Waals surface area (Å²) in [6, 6.07) is 0.773. The van der Waals surface area contributed by atoms with Crippen molar-refractivity contribution in [3.8, 4) is 0 Å². The molecule has 0 spiro atoms. The van der Waals surface area contributed by atoms with E-state index in [0.29, 0.717) is 125 Å². The molecule has 0 aliphatic carbocycles. The van der Waals surface area contributed by atoms with Gasteiger partial charge >= 0.3 is 0 Å². The number of piperidine rings is 2. The number of ether oxygens (including phenoxy) is 9. The van der Waals surface area contributed by atoms with Gasteiger partial charge in [-0.25, -0.2) is 0 Å². The van der Waals surface area contributed by atoms with Gasteiger partial charge in [0, 0.05) is 25.5 Å². The summed E-state index contributed by atoms with van der Waals surface area (Å²) >= 11 is 0. The lowest BCUT2D eigenvalue weighted by atomic mass is 9.95. The highest BCUT2D eigenvalue weighted by Crippen LogP contribution is 2.21. The van der Waals surface area contributed by atoms with Crippen molar-refractivity contribution in [2.24, 2.45) is 11.1 Å². The summed E-state index contributed by atoms with van der Waals surface area (Å²) in [5, 5.41) is 7.68. The van der Waals surface area contributed by atoms with Gasteiger partial charge in [-0.3, -0.25) is 0 Å². The molecule has 2 saturated heterocycles. The average molecular weight is 678 g/mol. The Kier molecular flexibility index (Phi) is 30.1. The van der Waals surface area contributed by atoms with Gasteiger partial charge in [0.05, 0.1) is 106 Å². The number of likely N-dealkylation sites (tertiary alicyclic amines) is 1. The first-order valence-electron chi connectivity index (χ1n) is 18.2. The van der Waals surface area contributed by atoms with Gasteiger partial charge in [-0.1, -0.05) is 12.1 Å². The van der Waals surface area contributed by atoms with Crippen LogP contribution >= 0.6 is 0 Å². The maximum Gasteiger partial charge on any atom is 0.117 e. The van der Waals surface area contributed by atoms with Crippen molar-refractivity contribution >= 4 is 6.21 Å². The van der Waals surface area contributed by atoms with Crippen LogP contribution in [0.3, 0.4) is 0 Å². The van der Waals surface area contributed by atoms with E-state index in [1.807, 2.05) is 6.21 Å². The Morgan fingerprint density at radius 3 is 1.32 bits per heavy atom. The third-order valence-corrected chi connectivity index (χ3v) is 7.84. The lowest BCUT2D eigenvalue weighted by Crippen LogP contribution is -2.46. The summed E-state index contributed by atoms with van der Waals surface area (Å²) in [4.78, 5) is 8.14. The zero-order valence-electron chi connectivity index (χ0n) is 29.4. The molecule has 0 radical (unpaired) electrons. The Balaban J connectivity index is 1.17. The SMILES string of the molecule is CCCOCCOCCOCCOCCOCCOCCOCCOCCOCCCCO/N=C/C1CCN(C2CCNCC2)CC1. The Labute approximate surface area is 284 Å². The Bertz CT molecular complexity index is 668. The fourth-order valence-electron chi connectivity index (χ4n) is 5.16. The van der Waals surface area contributed by atoms with E-state index >= 15 is 0 Å². The van der Waals surface area contributed by atoms with Crippen LogP contribution in [0.5, 0.6) is 0 Å². The van der Waals surface area contributed by atoms with Gasteiger partial charge in [-0.05, 0) is 77.0 Å². The van der Waals surface area contributed by atoms with Crippen LogP contribution < -0.4 is 5.32 Å². The lowest BCUT2D eigenvalue weighted by Gasteiger charge is -2.38. The van der Waals surface area contributed by atoms with E-state index < -0.39 is 0 Å². The van der Waals surface area contributed by atoms with Gasteiger partial charge in [0.1, 0.15) is 6.61 Å². The maximum atomic E-state index is 5.63. The van der Waals surface area contributed by atoms with Crippen LogP contribution in [-0.4, -0.2) is 169 Å². The van der Waals surface area contributed by atoms with Crippen molar-refractivity contribution in [3.63, 3.8) is 0 Å². The molecule has 2 aliphatic heterocycles. The normalized spacial score (nSPS) is 16.9. The molecule has 2 heterocycles. The van der Waals surface area contributed by atoms with Gasteiger partial charge < -0.3 is 57.7 Å². The molecule has 2 fully saturated rings. The number of oxime groups is 1. The molecule has 13 heteroatoms. The summed E-state index contributed by atoms with van der Waals surface area (Å²) in [7, 11) is 0. The third kappa shape index (κ3) is 26.6. The predicted molar refractivity (Wildman–Crippen MR) is 182 cm³/mol. The van der Waals surface area contributed by atoms with Gasteiger partial charge in [0.25, 0.3) is 0 Å². The van der Waals surface area contributed by atoms with Crippen LogP contribution in [0.4, 0.5) is 0 Å². The second-order valence-corrected chi connectivity index (χ2v) is 11.7. The summed E-state index contributed by atoms with van der Waals surface area (Å²) in [5.41, 5.74) is 0. The summed E-state index contributed by atoms with van der Waals surface area (Å²) in [6.45, 7) is 17.8. The predicted octanol–water partition coefficient (Wildman–Crippen LogP) is 2.79. The quantitative estimate of drug-likeness (QED) is 0.0613. The van der Waals surface area contributed by atoms with Crippen molar-refractivity contribution in [1.82, 2.24) is 10.2 Å². The van der Waals surface area contributed by atoms with E-state index in [0.717, 1.165) is 45.0 Å². The minimum absolute atomic E-state index is 0.529. The highest BCUT2D eigenvalue weighted by Gasteiger charge is 2.25. The fraction of sp³-hybridized carbons (Fsp3) is 0.971. The number of nitrogens with one attached hydrogen (secondary N) is 1. The molecule has 13 nitrogen and oxygen atoms in total. The Hall–Kier alpha value is -0.970. The molecule has 1 N–H and O–H groups in total. The van der Waals surface area contributed by atoms with E-state index in [-0.39, 0.29) is 0 Å². The zero-order chi connectivity index (χ0) is 33.1. The Morgan fingerprint density at radius 2 is 0.894 bits per heavy atom. The molecular weight excluding hydrogens is 610 g/mol. The largest absolute Gasteiger partial charge is 0.396 e. The molecule has 278 valence electrons. The van der Waals surface area contributed by atoms with Crippen LogP contribution in [0.1, 0.15) is 51.9 Å².